The fourth-order valence-corrected chi connectivity index (χ4v) is 1.67. The van der Waals surface area contributed by atoms with Crippen LogP contribution in [-0.2, 0) is 14.3 Å². The van der Waals surface area contributed by atoms with Gasteiger partial charge in [0, 0.05) is 12.7 Å². The van der Waals surface area contributed by atoms with Gasteiger partial charge in [0.1, 0.15) is 5.82 Å². The van der Waals surface area contributed by atoms with Crippen LogP contribution in [0, 0.1) is 0 Å². The number of ether oxygens (including phenoxy) is 2. The summed E-state index contributed by atoms with van der Waals surface area (Å²) in [6.07, 6.45) is 1.22. The Morgan fingerprint density at radius 2 is 2.50 bits per heavy atom. The highest BCUT2D eigenvalue weighted by atomic mass is 16.6. The predicted molar refractivity (Wildman–Crippen MR) is 58.2 cm³/mol. The molecule has 86 valence electrons. The summed E-state index contributed by atoms with van der Waals surface area (Å²) in [5.74, 6) is 0.528. The van der Waals surface area contributed by atoms with Crippen molar-refractivity contribution in [3.63, 3.8) is 0 Å². The molecule has 5 nitrogen and oxygen atoms in total. The van der Waals surface area contributed by atoms with Crippen LogP contribution < -0.4 is 4.90 Å². The molecule has 1 aromatic rings. The number of morpholine rings is 1. The molecular weight excluding hydrogens is 208 g/mol. The van der Waals surface area contributed by atoms with Gasteiger partial charge in [-0.25, -0.2) is 9.78 Å². The quantitative estimate of drug-likeness (QED) is 0.680. The minimum atomic E-state index is -0.513. The summed E-state index contributed by atoms with van der Waals surface area (Å²) in [4.78, 5) is 17.6. The monoisotopic (exact) mass is 222 g/mol. The van der Waals surface area contributed by atoms with Crippen molar-refractivity contribution in [2.24, 2.45) is 0 Å². The first-order valence-electron chi connectivity index (χ1n) is 5.16. The zero-order valence-corrected chi connectivity index (χ0v) is 9.13. The van der Waals surface area contributed by atoms with E-state index in [0.29, 0.717) is 13.2 Å². The Hall–Kier alpha value is -1.62. The molecule has 1 aliphatic rings. The van der Waals surface area contributed by atoms with E-state index in [2.05, 4.69) is 9.72 Å². The first-order chi connectivity index (χ1) is 7.81. The van der Waals surface area contributed by atoms with Crippen LogP contribution in [0.2, 0.25) is 0 Å². The second-order valence-electron chi connectivity index (χ2n) is 3.52. The number of anilines is 1. The Bertz CT molecular complexity index is 356. The summed E-state index contributed by atoms with van der Waals surface area (Å²) in [6.45, 7) is 1.74. The number of rotatable bonds is 2. The summed E-state index contributed by atoms with van der Waals surface area (Å²) in [5, 5.41) is 0. The molecule has 1 fully saturated rings. The Morgan fingerprint density at radius 1 is 1.62 bits per heavy atom. The standard InChI is InChI=1S/C11H14N2O3/c1-15-11(14)9-8-13(6-7-16-9)10-4-2-3-5-12-10/h2-5,9H,6-8H2,1H3. The van der Waals surface area contributed by atoms with Gasteiger partial charge >= 0.3 is 5.97 Å². The predicted octanol–water partition coefficient (Wildman–Crippen LogP) is 0.460. The van der Waals surface area contributed by atoms with Crippen molar-refractivity contribution >= 4 is 11.8 Å². The zero-order chi connectivity index (χ0) is 11.4. The fraction of sp³-hybridized carbons (Fsp3) is 0.455. The molecule has 1 saturated heterocycles. The average molecular weight is 222 g/mol. The van der Waals surface area contributed by atoms with Crippen LogP contribution in [0.4, 0.5) is 5.82 Å². The number of hydrogen-bond acceptors (Lipinski definition) is 5. The van der Waals surface area contributed by atoms with E-state index in [1.807, 2.05) is 23.1 Å². The van der Waals surface area contributed by atoms with Crippen LogP contribution in [0.25, 0.3) is 0 Å². The second-order valence-corrected chi connectivity index (χ2v) is 3.52. The summed E-state index contributed by atoms with van der Waals surface area (Å²) in [6, 6.07) is 5.70. The topological polar surface area (TPSA) is 51.7 Å². The van der Waals surface area contributed by atoms with Gasteiger partial charge in [-0.1, -0.05) is 6.07 Å². The molecule has 2 heterocycles. The molecule has 5 heteroatoms. The van der Waals surface area contributed by atoms with Crippen LogP contribution in [0.1, 0.15) is 0 Å². The lowest BCUT2D eigenvalue weighted by atomic mass is 10.2. The van der Waals surface area contributed by atoms with Gasteiger partial charge in [-0.3, -0.25) is 0 Å². The molecule has 1 unspecified atom stereocenters. The van der Waals surface area contributed by atoms with E-state index in [4.69, 9.17) is 4.74 Å². The van der Waals surface area contributed by atoms with E-state index in [9.17, 15) is 4.79 Å². The molecule has 0 bridgehead atoms. The lowest BCUT2D eigenvalue weighted by Gasteiger charge is -2.32. The summed E-state index contributed by atoms with van der Waals surface area (Å²) < 4.78 is 10.0. The number of esters is 1. The summed E-state index contributed by atoms with van der Waals surface area (Å²) >= 11 is 0. The van der Waals surface area contributed by atoms with Crippen molar-refractivity contribution in [3.05, 3.63) is 24.4 Å². The van der Waals surface area contributed by atoms with Crippen molar-refractivity contribution in [1.82, 2.24) is 4.98 Å². The number of methoxy groups -OCH3 is 1. The molecule has 0 amide bonds. The van der Waals surface area contributed by atoms with Gasteiger partial charge in [-0.15, -0.1) is 0 Å². The fourth-order valence-electron chi connectivity index (χ4n) is 1.67. The summed E-state index contributed by atoms with van der Waals surface area (Å²) in [5.41, 5.74) is 0. The lowest BCUT2D eigenvalue weighted by molar-refractivity contribution is -0.154. The van der Waals surface area contributed by atoms with Gasteiger partial charge in [-0.2, -0.15) is 0 Å². The smallest absolute Gasteiger partial charge is 0.336 e. The average Bonchev–Trinajstić information content (AvgIpc) is 2.39. The van der Waals surface area contributed by atoms with Gasteiger partial charge in [0.15, 0.2) is 6.10 Å². The van der Waals surface area contributed by atoms with Gasteiger partial charge in [0.2, 0.25) is 0 Å². The van der Waals surface area contributed by atoms with Crippen molar-refractivity contribution in [2.75, 3.05) is 31.7 Å². The maximum Gasteiger partial charge on any atom is 0.336 e. The SMILES string of the molecule is COC(=O)C1CN(c2ccccn2)CCO1. The molecule has 1 atom stereocenters. The van der Waals surface area contributed by atoms with E-state index in [-0.39, 0.29) is 5.97 Å². The Labute approximate surface area is 94.0 Å². The molecule has 16 heavy (non-hydrogen) atoms. The van der Waals surface area contributed by atoms with Crippen molar-refractivity contribution in [3.8, 4) is 0 Å². The third kappa shape index (κ3) is 2.30. The molecule has 0 N–H and O–H groups in total. The van der Waals surface area contributed by atoms with Gasteiger partial charge in [0.25, 0.3) is 0 Å². The van der Waals surface area contributed by atoms with E-state index >= 15 is 0 Å². The van der Waals surface area contributed by atoms with Gasteiger partial charge in [-0.05, 0) is 12.1 Å². The third-order valence-corrected chi connectivity index (χ3v) is 2.50. The normalized spacial score (nSPS) is 20.6. The number of hydrogen-bond donors (Lipinski definition) is 0. The van der Waals surface area contributed by atoms with Crippen molar-refractivity contribution < 1.29 is 14.3 Å². The highest BCUT2D eigenvalue weighted by Crippen LogP contribution is 2.14. The zero-order valence-electron chi connectivity index (χ0n) is 9.13. The lowest BCUT2D eigenvalue weighted by Crippen LogP contribution is -2.46. The van der Waals surface area contributed by atoms with Gasteiger partial charge < -0.3 is 14.4 Å². The molecule has 0 saturated carbocycles. The summed E-state index contributed by atoms with van der Waals surface area (Å²) in [7, 11) is 1.37. The van der Waals surface area contributed by atoms with Crippen molar-refractivity contribution in [2.45, 2.75) is 6.10 Å². The van der Waals surface area contributed by atoms with E-state index in [0.717, 1.165) is 12.4 Å². The minimum Gasteiger partial charge on any atom is -0.467 e. The van der Waals surface area contributed by atoms with Crippen LogP contribution >= 0.6 is 0 Å². The van der Waals surface area contributed by atoms with Crippen LogP contribution in [0.5, 0.6) is 0 Å². The molecule has 1 aliphatic heterocycles. The maximum absolute atomic E-state index is 11.3. The first-order valence-corrected chi connectivity index (χ1v) is 5.16. The molecule has 0 radical (unpaired) electrons. The van der Waals surface area contributed by atoms with Crippen LogP contribution in [0.15, 0.2) is 24.4 Å². The molecule has 2 rings (SSSR count). The first kappa shape index (κ1) is 10.9. The third-order valence-electron chi connectivity index (χ3n) is 2.50. The van der Waals surface area contributed by atoms with Gasteiger partial charge in [0.05, 0.1) is 20.3 Å². The van der Waals surface area contributed by atoms with E-state index in [1.54, 1.807) is 6.20 Å². The molecular formula is C11H14N2O3. The Morgan fingerprint density at radius 3 is 3.19 bits per heavy atom. The van der Waals surface area contributed by atoms with E-state index in [1.165, 1.54) is 7.11 Å². The maximum atomic E-state index is 11.3. The minimum absolute atomic E-state index is 0.333. The van der Waals surface area contributed by atoms with Crippen LogP contribution in [-0.4, -0.2) is 43.9 Å². The second kappa shape index (κ2) is 4.94. The van der Waals surface area contributed by atoms with Crippen molar-refractivity contribution in [1.29, 1.82) is 0 Å². The Balaban J connectivity index is 2.05. The van der Waals surface area contributed by atoms with Crippen LogP contribution in [0.3, 0.4) is 0 Å². The Kier molecular flexibility index (Phi) is 3.36. The number of carbonyl (C=O) groups excluding carboxylic acids is 1. The highest BCUT2D eigenvalue weighted by molar-refractivity contribution is 5.75. The number of carbonyl (C=O) groups is 1. The highest BCUT2D eigenvalue weighted by Gasteiger charge is 2.27. The number of nitrogens with zero attached hydrogens (tertiary/aromatic N) is 2. The molecule has 1 aromatic heterocycles. The molecule has 0 aromatic carbocycles. The van der Waals surface area contributed by atoms with E-state index < -0.39 is 6.10 Å². The molecule has 0 aliphatic carbocycles. The number of aromatic nitrogens is 1. The molecule has 0 spiro atoms. The largest absolute Gasteiger partial charge is 0.467 e. The number of pyridine rings is 1.